The lowest BCUT2D eigenvalue weighted by Gasteiger charge is -2.39. The minimum atomic E-state index is -5.77. The van der Waals surface area contributed by atoms with Gasteiger partial charge in [0.1, 0.15) is 11.4 Å². The molecule has 2 N–H and O–H groups in total. The predicted molar refractivity (Wildman–Crippen MR) is 103 cm³/mol. The summed E-state index contributed by atoms with van der Waals surface area (Å²) in [5.74, 6) is -5.35. The summed E-state index contributed by atoms with van der Waals surface area (Å²) in [6.45, 7) is 3.46. The van der Waals surface area contributed by atoms with Crippen LogP contribution in [0, 0.1) is 0 Å². The lowest BCUT2D eigenvalue weighted by molar-refractivity contribution is -0.289. The molecule has 2 aromatic carbocycles. The van der Waals surface area contributed by atoms with E-state index in [0.717, 1.165) is 17.7 Å². The molecule has 1 amide bonds. The standard InChI is InChI=1S/C22H19F5N2O2/c1-20(2)16(10-28)18(29-11-12-5-3-4-6-14(12)19(29)30)15-9-13(7-8-17(15)31-20)21(23,24)22(25,26)27/h3-9H,10-11,28H2,1-2H3. The monoisotopic (exact) mass is 438 g/mol. The predicted octanol–water partition coefficient (Wildman–Crippen LogP) is 4.84. The van der Waals surface area contributed by atoms with Crippen molar-refractivity contribution in [2.24, 2.45) is 5.73 Å². The number of amides is 1. The molecule has 0 aromatic heterocycles. The largest absolute Gasteiger partial charge is 0.483 e. The molecule has 0 unspecified atom stereocenters. The van der Waals surface area contributed by atoms with Crippen LogP contribution in [0.4, 0.5) is 22.0 Å². The van der Waals surface area contributed by atoms with Gasteiger partial charge in [-0.15, -0.1) is 0 Å². The van der Waals surface area contributed by atoms with Gasteiger partial charge in [-0.25, -0.2) is 0 Å². The van der Waals surface area contributed by atoms with Crippen LogP contribution in [0.1, 0.15) is 40.9 Å². The average molecular weight is 438 g/mol. The van der Waals surface area contributed by atoms with Gasteiger partial charge < -0.3 is 15.4 Å². The molecule has 4 rings (SSSR count). The first-order valence-electron chi connectivity index (χ1n) is 9.50. The molecule has 2 aliphatic heterocycles. The Bertz CT molecular complexity index is 1110. The van der Waals surface area contributed by atoms with Crippen LogP contribution in [0.3, 0.4) is 0 Å². The molecule has 164 valence electrons. The highest BCUT2D eigenvalue weighted by molar-refractivity contribution is 6.04. The van der Waals surface area contributed by atoms with Crippen molar-refractivity contribution in [1.29, 1.82) is 0 Å². The molecule has 0 saturated heterocycles. The molecule has 31 heavy (non-hydrogen) atoms. The van der Waals surface area contributed by atoms with E-state index >= 15 is 0 Å². The fourth-order valence-corrected chi connectivity index (χ4v) is 4.03. The van der Waals surface area contributed by atoms with Gasteiger partial charge in [-0.3, -0.25) is 4.79 Å². The summed E-state index contributed by atoms with van der Waals surface area (Å²) in [5, 5.41) is 0. The zero-order valence-corrected chi connectivity index (χ0v) is 16.7. The molecule has 0 aliphatic carbocycles. The van der Waals surface area contributed by atoms with E-state index in [4.69, 9.17) is 10.5 Å². The second-order valence-electron chi connectivity index (χ2n) is 7.98. The number of nitrogens with two attached hydrogens (primary N) is 1. The second kappa shape index (κ2) is 6.78. The molecule has 0 fully saturated rings. The lowest BCUT2D eigenvalue weighted by Crippen LogP contribution is -2.41. The van der Waals surface area contributed by atoms with Gasteiger partial charge >= 0.3 is 12.1 Å². The van der Waals surface area contributed by atoms with E-state index in [2.05, 4.69) is 0 Å². The Morgan fingerprint density at radius 2 is 1.74 bits per heavy atom. The van der Waals surface area contributed by atoms with Gasteiger partial charge in [0.15, 0.2) is 0 Å². The Hall–Kier alpha value is -2.94. The minimum absolute atomic E-state index is 0.0256. The SMILES string of the molecule is CC1(C)Oc2ccc(C(F)(F)C(F)(F)F)cc2C(N2Cc3ccccc3C2=O)=C1CN. The number of alkyl halides is 5. The third-order valence-electron chi connectivity index (χ3n) is 5.63. The van der Waals surface area contributed by atoms with Gasteiger partial charge in [0.25, 0.3) is 5.91 Å². The summed E-state index contributed by atoms with van der Waals surface area (Å²) in [6.07, 6.45) is -5.77. The molecule has 9 heteroatoms. The van der Waals surface area contributed by atoms with E-state index in [1.807, 2.05) is 0 Å². The van der Waals surface area contributed by atoms with Gasteiger partial charge in [-0.2, -0.15) is 22.0 Å². The normalized spacial score (nSPS) is 18.1. The Morgan fingerprint density at radius 1 is 1.06 bits per heavy atom. The summed E-state index contributed by atoms with van der Waals surface area (Å²) in [7, 11) is 0. The number of benzene rings is 2. The van der Waals surface area contributed by atoms with E-state index < -0.39 is 23.3 Å². The summed E-state index contributed by atoms with van der Waals surface area (Å²) in [6, 6.07) is 9.36. The van der Waals surface area contributed by atoms with Crippen LogP contribution < -0.4 is 10.5 Å². The van der Waals surface area contributed by atoms with Crippen LogP contribution in [0.15, 0.2) is 48.0 Å². The fourth-order valence-electron chi connectivity index (χ4n) is 4.03. The van der Waals surface area contributed by atoms with Crippen molar-refractivity contribution in [3.63, 3.8) is 0 Å². The lowest BCUT2D eigenvalue weighted by atomic mass is 9.87. The Kier molecular flexibility index (Phi) is 4.66. The summed E-state index contributed by atoms with van der Waals surface area (Å²) in [4.78, 5) is 14.5. The molecule has 0 spiro atoms. The molecular weight excluding hydrogens is 419 g/mol. The van der Waals surface area contributed by atoms with E-state index in [-0.39, 0.29) is 36.0 Å². The number of hydrogen-bond donors (Lipinski definition) is 1. The molecule has 0 radical (unpaired) electrons. The van der Waals surface area contributed by atoms with Gasteiger partial charge in [0.2, 0.25) is 0 Å². The van der Waals surface area contributed by atoms with Gasteiger partial charge in [0.05, 0.1) is 12.2 Å². The van der Waals surface area contributed by atoms with Crippen LogP contribution in [0.5, 0.6) is 5.75 Å². The molecular formula is C22H19F5N2O2. The highest BCUT2D eigenvalue weighted by Crippen LogP contribution is 2.49. The maximum Gasteiger partial charge on any atom is 0.458 e. The van der Waals surface area contributed by atoms with Gasteiger partial charge in [0, 0.05) is 28.8 Å². The fraction of sp³-hybridized carbons (Fsp3) is 0.318. The highest BCUT2D eigenvalue weighted by atomic mass is 19.4. The quantitative estimate of drug-likeness (QED) is 0.698. The molecule has 0 saturated carbocycles. The van der Waals surface area contributed by atoms with Gasteiger partial charge in [-0.05, 0) is 43.7 Å². The minimum Gasteiger partial charge on any atom is -0.483 e. The molecule has 0 atom stereocenters. The van der Waals surface area contributed by atoms with Crippen molar-refractivity contribution in [3.05, 3.63) is 70.3 Å². The molecule has 2 heterocycles. The Morgan fingerprint density at radius 3 is 2.35 bits per heavy atom. The van der Waals surface area contributed by atoms with Gasteiger partial charge in [-0.1, -0.05) is 18.2 Å². The van der Waals surface area contributed by atoms with E-state index in [0.29, 0.717) is 17.2 Å². The topological polar surface area (TPSA) is 55.6 Å². The van der Waals surface area contributed by atoms with Crippen molar-refractivity contribution < 1.29 is 31.5 Å². The smallest absolute Gasteiger partial charge is 0.458 e. The summed E-state index contributed by atoms with van der Waals surface area (Å²) < 4.78 is 73.0. The second-order valence-corrected chi connectivity index (χ2v) is 7.98. The number of rotatable bonds is 3. The Balaban J connectivity index is 1.93. The molecule has 2 aliphatic rings. The Labute approximate surface area is 175 Å². The van der Waals surface area contributed by atoms with E-state index in [1.165, 1.54) is 4.90 Å². The zero-order valence-electron chi connectivity index (χ0n) is 16.7. The van der Waals surface area contributed by atoms with E-state index in [1.54, 1.807) is 38.1 Å². The van der Waals surface area contributed by atoms with Crippen molar-refractivity contribution in [3.8, 4) is 5.75 Å². The third-order valence-corrected chi connectivity index (χ3v) is 5.63. The first kappa shape index (κ1) is 21.3. The van der Waals surface area contributed by atoms with Crippen LogP contribution in [0.2, 0.25) is 0 Å². The maximum atomic E-state index is 14.1. The number of carbonyl (C=O) groups excluding carboxylic acids is 1. The third kappa shape index (κ3) is 3.18. The van der Waals surface area contributed by atoms with Crippen molar-refractivity contribution in [2.45, 2.75) is 38.1 Å². The molecule has 4 nitrogen and oxygen atoms in total. The number of hydrogen-bond acceptors (Lipinski definition) is 3. The van der Waals surface area contributed by atoms with Crippen molar-refractivity contribution >= 4 is 11.6 Å². The van der Waals surface area contributed by atoms with E-state index in [9.17, 15) is 26.7 Å². The van der Waals surface area contributed by atoms with Crippen molar-refractivity contribution in [1.82, 2.24) is 4.90 Å². The highest BCUT2D eigenvalue weighted by Gasteiger charge is 2.59. The molecule has 0 bridgehead atoms. The number of halogens is 5. The van der Waals surface area contributed by atoms with Crippen LogP contribution in [-0.4, -0.2) is 29.1 Å². The first-order valence-corrected chi connectivity index (χ1v) is 9.50. The number of fused-ring (bicyclic) bond motifs is 2. The van der Waals surface area contributed by atoms with Crippen molar-refractivity contribution in [2.75, 3.05) is 6.54 Å². The average Bonchev–Trinajstić information content (AvgIpc) is 3.01. The van der Waals surface area contributed by atoms with Crippen LogP contribution >= 0.6 is 0 Å². The number of ether oxygens (including phenoxy) is 1. The first-order chi connectivity index (χ1) is 14.4. The summed E-state index contributed by atoms with van der Waals surface area (Å²) >= 11 is 0. The maximum absolute atomic E-state index is 14.1. The number of carbonyl (C=O) groups is 1. The molecule has 2 aromatic rings. The zero-order chi connectivity index (χ0) is 22.8. The van der Waals surface area contributed by atoms with Crippen LogP contribution in [-0.2, 0) is 12.5 Å². The summed E-state index contributed by atoms with van der Waals surface area (Å²) in [5.41, 5.74) is 5.46. The van der Waals surface area contributed by atoms with Crippen LogP contribution in [0.25, 0.3) is 5.70 Å². The number of nitrogens with zero attached hydrogens (tertiary/aromatic N) is 1.